The van der Waals surface area contributed by atoms with Crippen LogP contribution in [0.1, 0.15) is 0 Å². The lowest BCUT2D eigenvalue weighted by molar-refractivity contribution is 0.200. The number of nitrogens with one attached hydrogen (secondary N) is 1. The maximum atomic E-state index is 4.99. The molecule has 1 N–H and O–H groups in total. The van der Waals surface area contributed by atoms with E-state index in [9.17, 15) is 0 Å². The predicted molar refractivity (Wildman–Crippen MR) is 79.8 cm³/mol. The normalized spacial score (nSPS) is 10.8. The number of anilines is 1. The maximum absolute atomic E-state index is 4.99. The van der Waals surface area contributed by atoms with Gasteiger partial charge in [-0.05, 0) is 18.2 Å². The van der Waals surface area contributed by atoms with Gasteiger partial charge < -0.3 is 15.0 Å². The fourth-order valence-corrected chi connectivity index (χ4v) is 1.93. The summed E-state index contributed by atoms with van der Waals surface area (Å²) in [5.41, 5.74) is 1.04. The number of hydrogen-bond acceptors (Lipinski definition) is 4. The second-order valence-electron chi connectivity index (χ2n) is 4.53. The van der Waals surface area contributed by atoms with Crippen LogP contribution < -0.4 is 10.2 Å². The Kier molecular flexibility index (Phi) is 5.12. The molecule has 0 fully saturated rings. The van der Waals surface area contributed by atoms with Crippen molar-refractivity contribution in [2.24, 2.45) is 0 Å². The molecule has 0 bridgehead atoms. The van der Waals surface area contributed by atoms with Gasteiger partial charge in [-0.15, -0.1) is 0 Å². The van der Waals surface area contributed by atoms with Crippen LogP contribution in [0.3, 0.4) is 0 Å². The molecule has 0 saturated carbocycles. The molecule has 0 saturated heterocycles. The van der Waals surface area contributed by atoms with E-state index in [4.69, 9.17) is 4.74 Å². The number of benzene rings is 1. The Morgan fingerprint density at radius 2 is 2.00 bits per heavy atom. The summed E-state index contributed by atoms with van der Waals surface area (Å²) in [7, 11) is 3.78. The maximum Gasteiger partial charge on any atom is 0.129 e. The fraction of sp³-hybridized carbons (Fsp3) is 0.400. The van der Waals surface area contributed by atoms with Gasteiger partial charge in [0.1, 0.15) is 5.82 Å². The molecular formula is C15H21N3O. The second kappa shape index (κ2) is 7.07. The molecule has 0 radical (unpaired) electrons. The predicted octanol–water partition coefficient (Wildman–Crippen LogP) is 1.91. The Hall–Kier alpha value is -1.65. The molecule has 0 amide bonds. The van der Waals surface area contributed by atoms with Crippen molar-refractivity contribution in [2.45, 2.75) is 0 Å². The number of rotatable bonds is 7. The van der Waals surface area contributed by atoms with E-state index in [1.165, 1.54) is 5.39 Å². The van der Waals surface area contributed by atoms with Crippen LogP contribution in [0.15, 0.2) is 36.4 Å². The van der Waals surface area contributed by atoms with Gasteiger partial charge in [0.05, 0.1) is 12.1 Å². The average molecular weight is 259 g/mol. The zero-order valence-electron chi connectivity index (χ0n) is 11.6. The number of ether oxygens (including phenoxy) is 1. The molecule has 1 aromatic heterocycles. The van der Waals surface area contributed by atoms with Gasteiger partial charge in [-0.2, -0.15) is 0 Å². The number of para-hydroxylation sites is 1. The number of nitrogens with zero attached hydrogens (tertiary/aromatic N) is 2. The number of fused-ring (bicyclic) bond motifs is 1. The van der Waals surface area contributed by atoms with Crippen molar-refractivity contribution in [1.82, 2.24) is 10.3 Å². The molecule has 0 aliphatic rings. The van der Waals surface area contributed by atoms with Crippen molar-refractivity contribution in [1.29, 1.82) is 0 Å². The van der Waals surface area contributed by atoms with Crippen LogP contribution in [0.2, 0.25) is 0 Å². The van der Waals surface area contributed by atoms with E-state index >= 15 is 0 Å². The van der Waals surface area contributed by atoms with Crippen LogP contribution in [-0.4, -0.2) is 45.4 Å². The molecule has 0 unspecified atom stereocenters. The summed E-state index contributed by atoms with van der Waals surface area (Å²) in [6.45, 7) is 3.48. The van der Waals surface area contributed by atoms with Crippen LogP contribution >= 0.6 is 0 Å². The molecular weight excluding hydrogens is 238 g/mol. The van der Waals surface area contributed by atoms with E-state index in [2.05, 4.69) is 40.4 Å². The van der Waals surface area contributed by atoms with Crippen molar-refractivity contribution in [3.63, 3.8) is 0 Å². The van der Waals surface area contributed by atoms with Crippen LogP contribution in [0.5, 0.6) is 0 Å². The highest BCUT2D eigenvalue weighted by Gasteiger charge is 2.03. The summed E-state index contributed by atoms with van der Waals surface area (Å²) in [5, 5.41) is 4.51. The third kappa shape index (κ3) is 3.91. The van der Waals surface area contributed by atoms with Gasteiger partial charge in [-0.1, -0.05) is 18.2 Å². The summed E-state index contributed by atoms with van der Waals surface area (Å²) in [6, 6.07) is 12.4. The highest BCUT2D eigenvalue weighted by molar-refractivity contribution is 5.80. The molecule has 0 atom stereocenters. The Bertz CT molecular complexity index is 515. The summed E-state index contributed by atoms with van der Waals surface area (Å²) in [4.78, 5) is 6.82. The van der Waals surface area contributed by atoms with Gasteiger partial charge in [0.25, 0.3) is 0 Å². The van der Waals surface area contributed by atoms with Gasteiger partial charge in [0.15, 0.2) is 0 Å². The minimum Gasteiger partial charge on any atom is -0.383 e. The molecule has 0 spiro atoms. The smallest absolute Gasteiger partial charge is 0.129 e. The van der Waals surface area contributed by atoms with E-state index < -0.39 is 0 Å². The molecule has 0 aliphatic heterocycles. The van der Waals surface area contributed by atoms with E-state index in [0.29, 0.717) is 0 Å². The largest absolute Gasteiger partial charge is 0.383 e. The van der Waals surface area contributed by atoms with Crippen LogP contribution in [0.4, 0.5) is 5.82 Å². The third-order valence-electron chi connectivity index (χ3n) is 3.08. The minimum absolute atomic E-state index is 0.748. The number of methoxy groups -OCH3 is 1. The quantitative estimate of drug-likeness (QED) is 0.771. The first-order chi connectivity index (χ1) is 9.31. The monoisotopic (exact) mass is 259 g/mol. The van der Waals surface area contributed by atoms with Crippen molar-refractivity contribution in [2.75, 3.05) is 45.3 Å². The Morgan fingerprint density at radius 1 is 1.16 bits per heavy atom. The van der Waals surface area contributed by atoms with Crippen molar-refractivity contribution in [3.05, 3.63) is 36.4 Å². The van der Waals surface area contributed by atoms with Crippen molar-refractivity contribution in [3.8, 4) is 0 Å². The second-order valence-corrected chi connectivity index (χ2v) is 4.53. The zero-order valence-corrected chi connectivity index (χ0v) is 11.6. The summed E-state index contributed by atoms with van der Waals surface area (Å²) < 4.78 is 4.99. The van der Waals surface area contributed by atoms with Gasteiger partial charge in [-0.3, -0.25) is 0 Å². The molecule has 19 heavy (non-hydrogen) atoms. The topological polar surface area (TPSA) is 37.4 Å². The Morgan fingerprint density at radius 3 is 2.84 bits per heavy atom. The highest BCUT2D eigenvalue weighted by atomic mass is 16.5. The first kappa shape index (κ1) is 13.8. The molecule has 2 aromatic rings. The van der Waals surface area contributed by atoms with E-state index in [0.717, 1.165) is 37.6 Å². The average Bonchev–Trinajstić information content (AvgIpc) is 2.46. The first-order valence-corrected chi connectivity index (χ1v) is 6.58. The molecule has 1 aromatic carbocycles. The zero-order chi connectivity index (χ0) is 13.5. The van der Waals surface area contributed by atoms with Crippen LogP contribution in [0.25, 0.3) is 10.9 Å². The van der Waals surface area contributed by atoms with E-state index in [1.54, 1.807) is 7.11 Å². The molecule has 4 nitrogen and oxygen atoms in total. The summed E-state index contributed by atoms with van der Waals surface area (Å²) >= 11 is 0. The lowest BCUT2D eigenvalue weighted by atomic mass is 10.2. The number of aromatic nitrogens is 1. The first-order valence-electron chi connectivity index (χ1n) is 6.58. The minimum atomic E-state index is 0.748. The van der Waals surface area contributed by atoms with Gasteiger partial charge in [0.2, 0.25) is 0 Å². The van der Waals surface area contributed by atoms with Crippen molar-refractivity contribution < 1.29 is 4.74 Å². The number of pyridine rings is 1. The number of hydrogen-bond donors (Lipinski definition) is 1. The molecule has 0 aliphatic carbocycles. The lowest BCUT2D eigenvalue weighted by Gasteiger charge is -2.18. The van der Waals surface area contributed by atoms with E-state index in [-0.39, 0.29) is 0 Å². The van der Waals surface area contributed by atoms with Crippen molar-refractivity contribution >= 4 is 16.7 Å². The van der Waals surface area contributed by atoms with Crippen LogP contribution in [0, 0.1) is 0 Å². The van der Waals surface area contributed by atoms with Gasteiger partial charge in [-0.25, -0.2) is 4.98 Å². The van der Waals surface area contributed by atoms with Gasteiger partial charge >= 0.3 is 0 Å². The number of likely N-dealkylation sites (N-methyl/N-ethyl adjacent to an activating group) is 1. The fourth-order valence-electron chi connectivity index (χ4n) is 1.93. The lowest BCUT2D eigenvalue weighted by Crippen LogP contribution is -2.31. The molecule has 2 rings (SSSR count). The Labute approximate surface area is 114 Å². The van der Waals surface area contributed by atoms with Crippen LogP contribution in [-0.2, 0) is 4.74 Å². The SMILES string of the molecule is COCCNCCN(C)c1ccc2ccccc2n1. The molecule has 102 valence electrons. The molecule has 4 heteroatoms. The summed E-state index contributed by atoms with van der Waals surface area (Å²) in [6.07, 6.45) is 0. The Balaban J connectivity index is 1.91. The molecule has 1 heterocycles. The highest BCUT2D eigenvalue weighted by Crippen LogP contribution is 2.16. The summed E-state index contributed by atoms with van der Waals surface area (Å²) in [5.74, 6) is 1.01. The van der Waals surface area contributed by atoms with Gasteiger partial charge in [0, 0.05) is 39.2 Å². The third-order valence-corrected chi connectivity index (χ3v) is 3.08. The van der Waals surface area contributed by atoms with E-state index in [1.807, 2.05) is 18.2 Å². The standard InChI is InChI=1S/C15H21N3O/c1-18(11-9-16-10-12-19-2)15-8-7-13-5-3-4-6-14(13)17-15/h3-8,16H,9-12H2,1-2H3.